The van der Waals surface area contributed by atoms with Crippen molar-refractivity contribution in [2.75, 3.05) is 42.3 Å². The molecule has 0 spiro atoms. The van der Waals surface area contributed by atoms with Crippen LogP contribution in [0.5, 0.6) is 0 Å². The predicted octanol–water partition coefficient (Wildman–Crippen LogP) is 4.11. The quantitative estimate of drug-likeness (QED) is 0.454. The summed E-state index contributed by atoms with van der Waals surface area (Å²) < 4.78 is 48.5. The lowest BCUT2D eigenvalue weighted by Gasteiger charge is -2.31. The number of nitrogens with one attached hydrogen (secondary N) is 1. The van der Waals surface area contributed by atoms with Gasteiger partial charge in [0.1, 0.15) is 17.8 Å². The Hall–Kier alpha value is -4.12. The molecule has 0 saturated carbocycles. The van der Waals surface area contributed by atoms with Gasteiger partial charge in [0, 0.05) is 41.9 Å². The third-order valence-corrected chi connectivity index (χ3v) is 5.81. The molecular formula is C24H21F3N6O2. The number of ether oxygens (including phenoxy) is 1. The van der Waals surface area contributed by atoms with Crippen molar-refractivity contribution in [1.29, 1.82) is 0 Å². The van der Waals surface area contributed by atoms with Crippen LogP contribution in [0.1, 0.15) is 15.9 Å². The van der Waals surface area contributed by atoms with Gasteiger partial charge in [-0.3, -0.25) is 4.79 Å². The minimum Gasteiger partial charge on any atom is -0.383 e. The minimum absolute atomic E-state index is 0.0418. The Morgan fingerprint density at radius 3 is 2.63 bits per heavy atom. The Morgan fingerprint density at radius 2 is 1.86 bits per heavy atom. The highest BCUT2D eigenvalue weighted by molar-refractivity contribution is 6.05. The van der Waals surface area contributed by atoms with Gasteiger partial charge in [0.15, 0.2) is 0 Å². The molecule has 8 nitrogen and oxygen atoms in total. The minimum atomic E-state index is -4.61. The van der Waals surface area contributed by atoms with Crippen LogP contribution in [0.15, 0.2) is 61.1 Å². The lowest BCUT2D eigenvalue weighted by Crippen LogP contribution is -2.37. The van der Waals surface area contributed by atoms with E-state index in [0.29, 0.717) is 54.5 Å². The van der Waals surface area contributed by atoms with Gasteiger partial charge < -0.3 is 25.3 Å². The summed E-state index contributed by atoms with van der Waals surface area (Å²) in [4.78, 5) is 22.7. The normalized spacial score (nSPS) is 14.3. The molecule has 0 aliphatic carbocycles. The molecule has 180 valence electrons. The number of nitrogens with two attached hydrogens (primary N) is 1. The largest absolute Gasteiger partial charge is 0.418 e. The number of amides is 1. The number of carbonyl (C=O) groups excluding carboxylic acids is 1. The standard InChI is InChI=1S/C24H21F3N6O2/c25-24(26,27)19-12-15(4-5-20(19)32-8-10-35-11-9-32)23(34)31-16-2-1-3-17(13-16)33-7-6-18-21(28)29-14-30-22(18)33/h1-7,12-14H,8-11H2,(H,31,34)(H2,28,29,30). The van der Waals surface area contributed by atoms with Gasteiger partial charge in [-0.1, -0.05) is 6.07 Å². The second kappa shape index (κ2) is 8.91. The number of nitrogen functional groups attached to an aromatic ring is 1. The van der Waals surface area contributed by atoms with Crippen molar-refractivity contribution in [3.63, 3.8) is 0 Å². The summed E-state index contributed by atoms with van der Waals surface area (Å²) in [6.07, 6.45) is -1.47. The molecule has 0 bridgehead atoms. The van der Waals surface area contributed by atoms with E-state index in [0.717, 1.165) is 6.07 Å². The van der Waals surface area contributed by atoms with Crippen LogP contribution in [-0.2, 0) is 10.9 Å². The fraction of sp³-hybridized carbons (Fsp3) is 0.208. The fourth-order valence-corrected chi connectivity index (χ4v) is 4.10. The lowest BCUT2D eigenvalue weighted by atomic mass is 10.1. The Bertz CT molecular complexity index is 1400. The molecule has 2 aromatic carbocycles. The van der Waals surface area contributed by atoms with Crippen molar-refractivity contribution in [2.45, 2.75) is 6.18 Å². The Labute approximate surface area is 198 Å². The first kappa shape index (κ1) is 22.7. The second-order valence-corrected chi connectivity index (χ2v) is 8.02. The van der Waals surface area contributed by atoms with Crippen LogP contribution >= 0.6 is 0 Å². The second-order valence-electron chi connectivity index (χ2n) is 8.02. The fourth-order valence-electron chi connectivity index (χ4n) is 4.10. The lowest BCUT2D eigenvalue weighted by molar-refractivity contribution is -0.137. The summed E-state index contributed by atoms with van der Waals surface area (Å²) >= 11 is 0. The van der Waals surface area contributed by atoms with Crippen molar-refractivity contribution in [2.24, 2.45) is 0 Å². The van der Waals surface area contributed by atoms with Crippen molar-refractivity contribution >= 4 is 34.1 Å². The summed E-state index contributed by atoms with van der Waals surface area (Å²) in [5, 5.41) is 3.37. The summed E-state index contributed by atoms with van der Waals surface area (Å²) in [5.74, 6) is -0.302. The highest BCUT2D eigenvalue weighted by atomic mass is 19.4. The number of alkyl halides is 3. The molecule has 0 radical (unpaired) electrons. The van der Waals surface area contributed by atoms with E-state index in [1.165, 1.54) is 18.5 Å². The maximum atomic E-state index is 13.8. The van der Waals surface area contributed by atoms with Gasteiger partial charge in [0.05, 0.1) is 24.2 Å². The SMILES string of the molecule is Nc1ncnc2c1ccn2-c1cccc(NC(=O)c2ccc(N3CCOCC3)c(C(F)(F)F)c2)c1. The number of hydrogen-bond acceptors (Lipinski definition) is 6. The molecule has 1 fully saturated rings. The topological polar surface area (TPSA) is 98.3 Å². The zero-order chi connectivity index (χ0) is 24.6. The van der Waals surface area contributed by atoms with Gasteiger partial charge in [-0.05, 0) is 42.5 Å². The van der Waals surface area contributed by atoms with E-state index < -0.39 is 17.6 Å². The predicted molar refractivity (Wildman–Crippen MR) is 126 cm³/mol. The number of anilines is 3. The molecule has 11 heteroatoms. The molecule has 1 aliphatic heterocycles. The number of fused-ring (bicyclic) bond motifs is 1. The van der Waals surface area contributed by atoms with Gasteiger partial charge in [0.2, 0.25) is 0 Å². The first-order chi connectivity index (χ1) is 16.8. The van der Waals surface area contributed by atoms with E-state index in [-0.39, 0.29) is 11.3 Å². The summed E-state index contributed by atoms with van der Waals surface area (Å²) in [5.41, 5.74) is 6.70. The molecule has 35 heavy (non-hydrogen) atoms. The number of aromatic nitrogens is 3. The summed E-state index contributed by atoms with van der Waals surface area (Å²) in [6, 6.07) is 12.3. The van der Waals surface area contributed by atoms with E-state index in [1.54, 1.807) is 39.9 Å². The zero-order valence-corrected chi connectivity index (χ0v) is 18.4. The zero-order valence-electron chi connectivity index (χ0n) is 18.4. The highest BCUT2D eigenvalue weighted by Crippen LogP contribution is 2.37. The van der Waals surface area contributed by atoms with Crippen molar-refractivity contribution in [3.05, 3.63) is 72.2 Å². The van der Waals surface area contributed by atoms with Gasteiger partial charge in [0.25, 0.3) is 5.91 Å². The summed E-state index contributed by atoms with van der Waals surface area (Å²) in [7, 11) is 0. The van der Waals surface area contributed by atoms with E-state index in [2.05, 4.69) is 15.3 Å². The molecule has 0 atom stereocenters. The maximum absolute atomic E-state index is 13.8. The molecule has 4 aromatic rings. The number of halogens is 3. The van der Waals surface area contributed by atoms with E-state index in [4.69, 9.17) is 10.5 Å². The average Bonchev–Trinajstić information content (AvgIpc) is 3.29. The van der Waals surface area contributed by atoms with Crippen LogP contribution < -0.4 is 16.0 Å². The molecule has 1 saturated heterocycles. The number of nitrogens with zero attached hydrogens (tertiary/aromatic N) is 4. The van der Waals surface area contributed by atoms with Crippen LogP contribution in [0.4, 0.5) is 30.4 Å². The molecule has 1 amide bonds. The number of hydrogen-bond donors (Lipinski definition) is 2. The van der Waals surface area contributed by atoms with Crippen molar-refractivity contribution in [1.82, 2.24) is 14.5 Å². The molecule has 5 rings (SSSR count). The Morgan fingerprint density at radius 1 is 1.06 bits per heavy atom. The van der Waals surface area contributed by atoms with Gasteiger partial charge in [-0.2, -0.15) is 13.2 Å². The third-order valence-electron chi connectivity index (χ3n) is 5.81. The average molecular weight is 482 g/mol. The van der Waals surface area contributed by atoms with E-state index in [1.807, 2.05) is 6.07 Å². The highest BCUT2D eigenvalue weighted by Gasteiger charge is 2.36. The number of carbonyl (C=O) groups is 1. The van der Waals surface area contributed by atoms with Crippen LogP contribution in [-0.4, -0.2) is 46.7 Å². The van der Waals surface area contributed by atoms with E-state index >= 15 is 0 Å². The van der Waals surface area contributed by atoms with E-state index in [9.17, 15) is 18.0 Å². The molecule has 3 N–H and O–H groups in total. The van der Waals surface area contributed by atoms with Crippen LogP contribution in [0.3, 0.4) is 0 Å². The first-order valence-corrected chi connectivity index (χ1v) is 10.8. The first-order valence-electron chi connectivity index (χ1n) is 10.8. The van der Waals surface area contributed by atoms with Crippen LogP contribution in [0.2, 0.25) is 0 Å². The molecule has 3 heterocycles. The smallest absolute Gasteiger partial charge is 0.383 e. The van der Waals surface area contributed by atoms with Crippen molar-refractivity contribution < 1.29 is 22.7 Å². The third kappa shape index (κ3) is 4.50. The monoisotopic (exact) mass is 482 g/mol. The van der Waals surface area contributed by atoms with Gasteiger partial charge in [-0.15, -0.1) is 0 Å². The Balaban J connectivity index is 1.42. The molecule has 2 aromatic heterocycles. The van der Waals surface area contributed by atoms with Crippen LogP contribution in [0.25, 0.3) is 16.7 Å². The maximum Gasteiger partial charge on any atom is 0.418 e. The number of rotatable bonds is 4. The number of benzene rings is 2. The van der Waals surface area contributed by atoms with Gasteiger partial charge in [-0.25, -0.2) is 9.97 Å². The van der Waals surface area contributed by atoms with Crippen molar-refractivity contribution in [3.8, 4) is 5.69 Å². The van der Waals surface area contributed by atoms with Crippen LogP contribution in [0, 0.1) is 0 Å². The summed E-state index contributed by atoms with van der Waals surface area (Å²) in [6.45, 7) is 1.41. The molecular weight excluding hydrogens is 461 g/mol. The molecule has 1 aliphatic rings. The Kier molecular flexibility index (Phi) is 5.77. The van der Waals surface area contributed by atoms with Gasteiger partial charge >= 0.3 is 6.18 Å². The molecule has 0 unspecified atom stereocenters. The number of morpholine rings is 1.